The van der Waals surface area contributed by atoms with E-state index >= 15 is 0 Å². The molecule has 3 aromatic heterocycles. The van der Waals surface area contributed by atoms with Crippen molar-refractivity contribution in [3.63, 3.8) is 0 Å². The van der Waals surface area contributed by atoms with E-state index in [4.69, 9.17) is 0 Å². The SMILES string of the molecule is Cn1cnnc1Sc1ccc(CSc2ccccc2)c(C(=O)Nc2nccs2)n1. The number of carbonyl (C=O) groups excluding carboxylic acids is 1. The van der Waals surface area contributed by atoms with Crippen LogP contribution in [-0.4, -0.2) is 30.6 Å². The Morgan fingerprint density at radius 1 is 1.21 bits per heavy atom. The maximum absolute atomic E-state index is 12.9. The molecule has 0 bridgehead atoms. The third-order valence-electron chi connectivity index (χ3n) is 3.82. The Bertz CT molecular complexity index is 1100. The van der Waals surface area contributed by atoms with E-state index < -0.39 is 0 Å². The first-order valence-corrected chi connectivity index (χ1v) is 11.3. The molecule has 0 spiro atoms. The highest BCUT2D eigenvalue weighted by molar-refractivity contribution is 7.99. The van der Waals surface area contributed by atoms with Gasteiger partial charge in [-0.05, 0) is 35.5 Å². The number of nitrogens with zero attached hydrogens (tertiary/aromatic N) is 5. The second-order valence-corrected chi connectivity index (χ2v) is 8.81. The lowest BCUT2D eigenvalue weighted by molar-refractivity contribution is 0.102. The lowest BCUT2D eigenvalue weighted by atomic mass is 10.2. The molecule has 7 nitrogen and oxygen atoms in total. The minimum absolute atomic E-state index is 0.274. The molecule has 0 aliphatic carbocycles. The van der Waals surface area contributed by atoms with Crippen molar-refractivity contribution in [3.8, 4) is 0 Å². The number of carbonyl (C=O) groups is 1. The normalized spacial score (nSPS) is 10.8. The van der Waals surface area contributed by atoms with Gasteiger partial charge in [0, 0.05) is 29.3 Å². The van der Waals surface area contributed by atoms with E-state index in [1.807, 2.05) is 54.9 Å². The van der Waals surface area contributed by atoms with Crippen LogP contribution in [0, 0.1) is 0 Å². The number of aromatic nitrogens is 5. The quantitative estimate of drug-likeness (QED) is 0.427. The van der Waals surface area contributed by atoms with Gasteiger partial charge in [0.25, 0.3) is 5.91 Å². The molecule has 1 aromatic carbocycles. The number of nitrogens with one attached hydrogen (secondary N) is 1. The summed E-state index contributed by atoms with van der Waals surface area (Å²) in [6, 6.07) is 13.9. The number of thioether (sulfide) groups is 1. The van der Waals surface area contributed by atoms with Crippen LogP contribution >= 0.6 is 34.9 Å². The fourth-order valence-electron chi connectivity index (χ4n) is 2.42. The Labute approximate surface area is 180 Å². The van der Waals surface area contributed by atoms with E-state index in [0.29, 0.717) is 26.8 Å². The standard InChI is InChI=1S/C19H16N6OS3/c1-25-12-21-24-19(25)29-15-8-7-13(11-28-14-5-3-2-4-6-14)16(22-15)17(26)23-18-20-9-10-27-18/h2-10,12H,11H2,1H3,(H,20,23,26). The second kappa shape index (κ2) is 9.21. The van der Waals surface area contributed by atoms with Gasteiger partial charge in [-0.25, -0.2) is 9.97 Å². The molecular formula is C19H16N6OS3. The van der Waals surface area contributed by atoms with Gasteiger partial charge in [-0.3, -0.25) is 10.1 Å². The van der Waals surface area contributed by atoms with Crippen LogP contribution < -0.4 is 5.32 Å². The molecular weight excluding hydrogens is 424 g/mol. The van der Waals surface area contributed by atoms with Crippen LogP contribution in [0.25, 0.3) is 0 Å². The van der Waals surface area contributed by atoms with Gasteiger partial charge in [0.2, 0.25) is 0 Å². The van der Waals surface area contributed by atoms with Crippen LogP contribution in [0.4, 0.5) is 5.13 Å². The van der Waals surface area contributed by atoms with E-state index in [-0.39, 0.29) is 5.91 Å². The molecule has 29 heavy (non-hydrogen) atoms. The Hall–Kier alpha value is -2.69. The average molecular weight is 441 g/mol. The number of benzene rings is 1. The molecule has 0 saturated heterocycles. The van der Waals surface area contributed by atoms with Gasteiger partial charge >= 0.3 is 0 Å². The monoisotopic (exact) mass is 440 g/mol. The van der Waals surface area contributed by atoms with Gasteiger partial charge in [-0.15, -0.1) is 33.3 Å². The highest BCUT2D eigenvalue weighted by atomic mass is 32.2. The fourth-order valence-corrected chi connectivity index (χ4v) is 4.59. The number of thiazole rings is 1. The summed E-state index contributed by atoms with van der Waals surface area (Å²) in [5, 5.41) is 14.5. The first-order valence-electron chi connectivity index (χ1n) is 8.59. The van der Waals surface area contributed by atoms with Gasteiger partial charge in [0.15, 0.2) is 10.3 Å². The number of aryl methyl sites for hydroxylation is 1. The van der Waals surface area contributed by atoms with Crippen LogP contribution in [0.3, 0.4) is 0 Å². The molecule has 0 atom stereocenters. The zero-order chi connectivity index (χ0) is 20.1. The Kier molecular flexibility index (Phi) is 6.23. The molecule has 0 aliphatic heterocycles. The second-order valence-electron chi connectivity index (χ2n) is 5.88. The third-order valence-corrected chi connectivity index (χ3v) is 6.56. The largest absolute Gasteiger partial charge is 0.311 e. The maximum atomic E-state index is 12.9. The molecule has 0 unspecified atom stereocenters. The first kappa shape index (κ1) is 19.6. The topological polar surface area (TPSA) is 85.6 Å². The number of hydrogen-bond donors (Lipinski definition) is 1. The molecule has 3 heterocycles. The number of rotatable bonds is 7. The van der Waals surface area contributed by atoms with Crippen molar-refractivity contribution < 1.29 is 4.79 Å². The smallest absolute Gasteiger partial charge is 0.276 e. The molecule has 10 heteroatoms. The molecule has 146 valence electrons. The summed E-state index contributed by atoms with van der Waals surface area (Å²) < 4.78 is 1.81. The number of pyridine rings is 1. The van der Waals surface area contributed by atoms with Crippen molar-refractivity contribution in [1.82, 2.24) is 24.7 Å². The van der Waals surface area contributed by atoms with Gasteiger partial charge in [0.05, 0.1) is 0 Å². The predicted molar refractivity (Wildman–Crippen MR) is 115 cm³/mol. The maximum Gasteiger partial charge on any atom is 0.276 e. The van der Waals surface area contributed by atoms with Gasteiger partial charge in [-0.2, -0.15) is 0 Å². The molecule has 0 radical (unpaired) electrons. The molecule has 0 saturated carbocycles. The van der Waals surface area contributed by atoms with Crippen molar-refractivity contribution in [3.05, 3.63) is 71.6 Å². The summed E-state index contributed by atoms with van der Waals surface area (Å²) in [6.07, 6.45) is 3.28. The Morgan fingerprint density at radius 3 is 2.79 bits per heavy atom. The average Bonchev–Trinajstić information content (AvgIpc) is 3.40. The molecule has 0 fully saturated rings. The van der Waals surface area contributed by atoms with E-state index in [0.717, 1.165) is 10.5 Å². The van der Waals surface area contributed by atoms with Crippen LogP contribution in [0.5, 0.6) is 0 Å². The van der Waals surface area contributed by atoms with E-state index in [1.165, 1.54) is 23.1 Å². The number of anilines is 1. The Morgan fingerprint density at radius 2 is 2.07 bits per heavy atom. The minimum atomic E-state index is -0.274. The summed E-state index contributed by atoms with van der Waals surface area (Å²) in [5.74, 6) is 0.357. The summed E-state index contributed by atoms with van der Waals surface area (Å²) in [5.41, 5.74) is 1.24. The van der Waals surface area contributed by atoms with Gasteiger partial charge < -0.3 is 4.57 Å². The van der Waals surface area contributed by atoms with Crippen molar-refractivity contribution >= 4 is 45.9 Å². The van der Waals surface area contributed by atoms with Crippen LogP contribution in [-0.2, 0) is 12.8 Å². The number of amides is 1. The van der Waals surface area contributed by atoms with Crippen LogP contribution in [0.1, 0.15) is 16.1 Å². The molecule has 4 rings (SSSR count). The molecule has 1 N–H and O–H groups in total. The minimum Gasteiger partial charge on any atom is -0.311 e. The van der Waals surface area contributed by atoms with E-state index in [9.17, 15) is 4.79 Å². The van der Waals surface area contributed by atoms with E-state index in [1.54, 1.807) is 28.9 Å². The highest BCUT2D eigenvalue weighted by Gasteiger charge is 2.17. The third kappa shape index (κ3) is 5.03. The molecule has 1 amide bonds. The van der Waals surface area contributed by atoms with Crippen LogP contribution in [0.2, 0.25) is 0 Å². The highest BCUT2D eigenvalue weighted by Crippen LogP contribution is 2.28. The van der Waals surface area contributed by atoms with Gasteiger partial charge in [-0.1, -0.05) is 24.3 Å². The van der Waals surface area contributed by atoms with Crippen molar-refractivity contribution in [2.45, 2.75) is 20.8 Å². The lowest BCUT2D eigenvalue weighted by Crippen LogP contribution is -2.16. The lowest BCUT2D eigenvalue weighted by Gasteiger charge is -2.10. The summed E-state index contributed by atoms with van der Waals surface area (Å²) >= 11 is 4.39. The fraction of sp³-hybridized carbons (Fsp3) is 0.105. The molecule has 0 aliphatic rings. The van der Waals surface area contributed by atoms with Gasteiger partial charge in [0.1, 0.15) is 17.0 Å². The Balaban J connectivity index is 1.59. The van der Waals surface area contributed by atoms with Crippen molar-refractivity contribution in [1.29, 1.82) is 0 Å². The summed E-state index contributed by atoms with van der Waals surface area (Å²) in [7, 11) is 1.86. The van der Waals surface area contributed by atoms with Crippen molar-refractivity contribution in [2.75, 3.05) is 5.32 Å². The van der Waals surface area contributed by atoms with E-state index in [2.05, 4.69) is 25.5 Å². The zero-order valence-electron chi connectivity index (χ0n) is 15.3. The van der Waals surface area contributed by atoms with Crippen molar-refractivity contribution in [2.24, 2.45) is 7.05 Å². The predicted octanol–water partition coefficient (Wildman–Crippen LogP) is 4.36. The number of hydrogen-bond acceptors (Lipinski definition) is 8. The molecule has 4 aromatic rings. The van der Waals surface area contributed by atoms with Crippen LogP contribution in [0.15, 0.2) is 75.4 Å². The summed E-state index contributed by atoms with van der Waals surface area (Å²) in [4.78, 5) is 22.8. The zero-order valence-corrected chi connectivity index (χ0v) is 17.8. The summed E-state index contributed by atoms with van der Waals surface area (Å²) in [6.45, 7) is 0. The first-order chi connectivity index (χ1) is 14.2.